The van der Waals surface area contributed by atoms with Gasteiger partial charge in [0.25, 0.3) is 5.56 Å². The lowest BCUT2D eigenvalue weighted by Crippen LogP contribution is -2.25. The minimum absolute atomic E-state index is 0.0201. The molecular formula is C23H19FN4O3S. The van der Waals surface area contributed by atoms with Crippen molar-refractivity contribution in [3.05, 3.63) is 88.6 Å². The average Bonchev–Trinajstić information content (AvgIpc) is 2.81. The number of carbonyl (C=O) groups is 1. The molecule has 4 aromatic rings. The Morgan fingerprint density at radius 2 is 1.91 bits per heavy atom. The predicted octanol–water partition coefficient (Wildman–Crippen LogP) is 3.72. The Morgan fingerprint density at radius 3 is 2.69 bits per heavy atom. The lowest BCUT2D eigenvalue weighted by Gasteiger charge is -2.13. The van der Waals surface area contributed by atoms with Crippen LogP contribution < -0.4 is 15.6 Å². The van der Waals surface area contributed by atoms with E-state index in [4.69, 9.17) is 4.74 Å². The van der Waals surface area contributed by atoms with E-state index in [1.54, 1.807) is 48.7 Å². The number of carbonyl (C=O) groups excluding carboxylic acids is 1. The van der Waals surface area contributed by atoms with Crippen LogP contribution in [0.1, 0.15) is 5.56 Å². The molecule has 1 N–H and O–H groups in total. The first-order valence-electron chi connectivity index (χ1n) is 9.71. The summed E-state index contributed by atoms with van der Waals surface area (Å²) in [5, 5.41) is 3.52. The number of aromatic nitrogens is 3. The molecule has 0 saturated carbocycles. The van der Waals surface area contributed by atoms with Gasteiger partial charge in [-0.1, -0.05) is 36.0 Å². The van der Waals surface area contributed by atoms with E-state index in [0.29, 0.717) is 27.6 Å². The van der Waals surface area contributed by atoms with E-state index < -0.39 is 0 Å². The fourth-order valence-electron chi connectivity index (χ4n) is 3.12. The summed E-state index contributed by atoms with van der Waals surface area (Å²) in [6, 6.07) is 16.3. The number of amides is 1. The number of thioether (sulfide) groups is 1. The van der Waals surface area contributed by atoms with Crippen LogP contribution in [-0.2, 0) is 11.3 Å². The zero-order valence-electron chi connectivity index (χ0n) is 17.1. The Labute approximate surface area is 187 Å². The third-order valence-corrected chi connectivity index (χ3v) is 5.64. The van der Waals surface area contributed by atoms with Crippen LogP contribution in [0.15, 0.2) is 76.8 Å². The fourth-order valence-corrected chi connectivity index (χ4v) is 3.91. The summed E-state index contributed by atoms with van der Waals surface area (Å²) in [5.74, 6) is -0.0634. The van der Waals surface area contributed by atoms with Crippen LogP contribution in [0, 0.1) is 5.82 Å². The number of rotatable bonds is 7. The third-order valence-electron chi connectivity index (χ3n) is 4.66. The first-order chi connectivity index (χ1) is 15.5. The number of pyridine rings is 1. The zero-order valence-corrected chi connectivity index (χ0v) is 17.9. The van der Waals surface area contributed by atoms with E-state index in [2.05, 4.69) is 15.3 Å². The molecule has 0 fully saturated rings. The maximum absolute atomic E-state index is 13.3. The summed E-state index contributed by atoms with van der Waals surface area (Å²) in [6.45, 7) is 0.188. The molecule has 162 valence electrons. The Balaban J connectivity index is 1.61. The van der Waals surface area contributed by atoms with Crippen molar-refractivity contribution in [1.82, 2.24) is 14.5 Å². The zero-order chi connectivity index (χ0) is 22.5. The number of hydrogen-bond acceptors (Lipinski definition) is 6. The monoisotopic (exact) mass is 450 g/mol. The van der Waals surface area contributed by atoms with Crippen LogP contribution >= 0.6 is 11.8 Å². The van der Waals surface area contributed by atoms with Gasteiger partial charge in [0.05, 0.1) is 30.5 Å². The van der Waals surface area contributed by atoms with Crippen molar-refractivity contribution in [2.24, 2.45) is 0 Å². The number of halogens is 1. The fraction of sp³-hybridized carbons (Fsp3) is 0.130. The molecule has 2 aromatic heterocycles. The summed E-state index contributed by atoms with van der Waals surface area (Å²) >= 11 is 1.12. The van der Waals surface area contributed by atoms with Gasteiger partial charge >= 0.3 is 0 Å². The molecule has 2 heterocycles. The Bertz CT molecular complexity index is 1330. The number of ether oxygens (including phenoxy) is 1. The Hall–Kier alpha value is -3.72. The van der Waals surface area contributed by atoms with Crippen molar-refractivity contribution in [1.29, 1.82) is 0 Å². The summed E-state index contributed by atoms with van der Waals surface area (Å²) in [7, 11) is 1.53. The van der Waals surface area contributed by atoms with Crippen LogP contribution in [0.5, 0.6) is 5.75 Å². The number of fused-ring (bicyclic) bond motifs is 1. The second-order valence-corrected chi connectivity index (χ2v) is 7.77. The van der Waals surface area contributed by atoms with Crippen LogP contribution in [0.2, 0.25) is 0 Å². The van der Waals surface area contributed by atoms with Crippen molar-refractivity contribution in [3.63, 3.8) is 0 Å². The molecule has 7 nitrogen and oxygen atoms in total. The molecule has 2 aromatic carbocycles. The number of para-hydroxylation sites is 2. The molecule has 0 saturated heterocycles. The molecule has 0 atom stereocenters. The maximum Gasteiger partial charge on any atom is 0.263 e. The predicted molar refractivity (Wildman–Crippen MR) is 122 cm³/mol. The van der Waals surface area contributed by atoms with Crippen molar-refractivity contribution >= 4 is 34.4 Å². The lowest BCUT2D eigenvalue weighted by atomic mass is 10.2. The summed E-state index contributed by atoms with van der Waals surface area (Å²) in [6.07, 6.45) is 1.56. The molecule has 0 unspecified atom stereocenters. The molecule has 32 heavy (non-hydrogen) atoms. The Morgan fingerprint density at radius 1 is 1.12 bits per heavy atom. The van der Waals surface area contributed by atoms with Crippen molar-refractivity contribution in [2.45, 2.75) is 11.7 Å². The van der Waals surface area contributed by atoms with Crippen LogP contribution in [-0.4, -0.2) is 33.3 Å². The highest BCUT2D eigenvalue weighted by Gasteiger charge is 2.15. The van der Waals surface area contributed by atoms with Gasteiger partial charge < -0.3 is 10.1 Å². The third kappa shape index (κ3) is 4.78. The number of hydrogen-bond donors (Lipinski definition) is 1. The molecule has 0 spiro atoms. The smallest absolute Gasteiger partial charge is 0.263 e. The molecular weight excluding hydrogens is 431 g/mol. The molecule has 0 aliphatic carbocycles. The maximum atomic E-state index is 13.3. The van der Waals surface area contributed by atoms with Crippen molar-refractivity contribution in [2.75, 3.05) is 18.2 Å². The summed E-state index contributed by atoms with van der Waals surface area (Å²) < 4.78 is 20.0. The number of benzene rings is 2. The topological polar surface area (TPSA) is 86.1 Å². The van der Waals surface area contributed by atoms with Gasteiger partial charge in [-0.05, 0) is 42.0 Å². The average molecular weight is 450 g/mol. The molecule has 0 aliphatic heterocycles. The normalized spacial score (nSPS) is 10.8. The highest BCUT2D eigenvalue weighted by Crippen LogP contribution is 2.24. The van der Waals surface area contributed by atoms with E-state index in [-0.39, 0.29) is 29.6 Å². The molecule has 1 amide bonds. The summed E-state index contributed by atoms with van der Waals surface area (Å²) in [4.78, 5) is 34.3. The second-order valence-electron chi connectivity index (χ2n) is 6.82. The van der Waals surface area contributed by atoms with Gasteiger partial charge in [-0.3, -0.25) is 14.2 Å². The van der Waals surface area contributed by atoms with Gasteiger partial charge in [-0.25, -0.2) is 14.4 Å². The van der Waals surface area contributed by atoms with Crippen LogP contribution in [0.4, 0.5) is 10.1 Å². The highest BCUT2D eigenvalue weighted by atomic mass is 32.2. The van der Waals surface area contributed by atoms with E-state index >= 15 is 0 Å². The van der Waals surface area contributed by atoms with Gasteiger partial charge in [-0.15, -0.1) is 0 Å². The largest absolute Gasteiger partial charge is 0.495 e. The summed E-state index contributed by atoms with van der Waals surface area (Å²) in [5.41, 5.74) is 1.32. The first-order valence-corrected chi connectivity index (χ1v) is 10.7. The van der Waals surface area contributed by atoms with Gasteiger partial charge in [0.1, 0.15) is 11.6 Å². The molecule has 0 bridgehead atoms. The van der Waals surface area contributed by atoms with Gasteiger partial charge in [0.15, 0.2) is 10.8 Å². The number of anilines is 1. The number of methoxy groups -OCH3 is 1. The standard InChI is InChI=1S/C23H19FN4O3S/c1-31-19-7-3-2-6-18(19)26-20(29)14-32-23-27-21-17(5-4-12-25-21)22(30)28(23)13-15-8-10-16(24)11-9-15/h2-12H,13-14H2,1H3,(H,26,29). The minimum atomic E-state index is -0.357. The second kappa shape index (κ2) is 9.61. The van der Waals surface area contributed by atoms with Gasteiger partial charge in [0, 0.05) is 6.20 Å². The van der Waals surface area contributed by atoms with E-state index in [1.807, 2.05) is 6.07 Å². The van der Waals surface area contributed by atoms with E-state index in [9.17, 15) is 14.0 Å². The molecule has 4 rings (SSSR count). The van der Waals surface area contributed by atoms with Gasteiger partial charge in [0.2, 0.25) is 5.91 Å². The molecule has 0 aliphatic rings. The van der Waals surface area contributed by atoms with E-state index in [1.165, 1.54) is 23.8 Å². The van der Waals surface area contributed by atoms with E-state index in [0.717, 1.165) is 17.3 Å². The van der Waals surface area contributed by atoms with Crippen LogP contribution in [0.25, 0.3) is 11.0 Å². The SMILES string of the molecule is COc1ccccc1NC(=O)CSc1nc2ncccc2c(=O)n1Cc1ccc(F)cc1. The van der Waals surface area contributed by atoms with Crippen molar-refractivity contribution in [3.8, 4) is 5.75 Å². The molecule has 0 radical (unpaired) electrons. The quantitative estimate of drug-likeness (QED) is 0.341. The lowest BCUT2D eigenvalue weighted by molar-refractivity contribution is -0.113. The highest BCUT2D eigenvalue weighted by molar-refractivity contribution is 7.99. The number of nitrogens with zero attached hydrogens (tertiary/aromatic N) is 3. The first kappa shape index (κ1) is 21.5. The van der Waals surface area contributed by atoms with Gasteiger partial charge in [-0.2, -0.15) is 0 Å². The number of nitrogens with one attached hydrogen (secondary N) is 1. The van der Waals surface area contributed by atoms with Crippen LogP contribution in [0.3, 0.4) is 0 Å². The molecule has 9 heteroatoms. The van der Waals surface area contributed by atoms with Crippen molar-refractivity contribution < 1.29 is 13.9 Å². The minimum Gasteiger partial charge on any atom is -0.495 e. The Kier molecular flexibility index (Phi) is 6.46.